The summed E-state index contributed by atoms with van der Waals surface area (Å²) in [7, 11) is -3.60. The van der Waals surface area contributed by atoms with Gasteiger partial charge in [-0.3, -0.25) is 4.79 Å². The van der Waals surface area contributed by atoms with Gasteiger partial charge in [0.2, 0.25) is 10.0 Å². The Kier molecular flexibility index (Phi) is 6.04. The second-order valence-electron chi connectivity index (χ2n) is 4.57. The number of sulfonamides is 1. The molecule has 1 atom stereocenters. The predicted octanol–water partition coefficient (Wildman–Crippen LogP) is 2.19. The molecular formula is C13H19NO4S2. The summed E-state index contributed by atoms with van der Waals surface area (Å²) in [5.74, 6) is -1.05. The lowest BCUT2D eigenvalue weighted by Gasteiger charge is -2.17. The van der Waals surface area contributed by atoms with Gasteiger partial charge in [0.05, 0.1) is 4.90 Å². The van der Waals surface area contributed by atoms with Crippen LogP contribution in [-0.4, -0.2) is 31.3 Å². The first-order valence-corrected chi connectivity index (χ1v) is 8.64. The van der Waals surface area contributed by atoms with Crippen molar-refractivity contribution < 1.29 is 18.3 Å². The van der Waals surface area contributed by atoms with Crippen molar-refractivity contribution in [1.29, 1.82) is 0 Å². The van der Waals surface area contributed by atoms with Crippen LogP contribution in [0, 0.1) is 5.92 Å². The Morgan fingerprint density at radius 2 is 1.95 bits per heavy atom. The molecule has 7 heteroatoms. The normalized spacial score (nSPS) is 13.4. The molecule has 0 spiro atoms. The molecule has 0 radical (unpaired) electrons. The molecule has 1 unspecified atom stereocenters. The highest BCUT2D eigenvalue weighted by Crippen LogP contribution is 2.33. The summed E-state index contributed by atoms with van der Waals surface area (Å²) < 4.78 is 26.6. The number of rotatable bonds is 7. The van der Waals surface area contributed by atoms with Gasteiger partial charge >= 0.3 is 5.97 Å². The summed E-state index contributed by atoms with van der Waals surface area (Å²) in [6.45, 7) is 5.58. The number of benzene rings is 1. The quantitative estimate of drug-likeness (QED) is 0.753. The Bertz CT molecular complexity index is 569. The summed E-state index contributed by atoms with van der Waals surface area (Å²) >= 11 is 1.07. The summed E-state index contributed by atoms with van der Waals surface area (Å²) in [6, 6.07) is 6.44. The average Bonchev–Trinajstić information content (AvgIpc) is 2.35. The van der Waals surface area contributed by atoms with Crippen molar-refractivity contribution in [2.75, 3.05) is 6.54 Å². The molecule has 0 heterocycles. The molecule has 0 bridgehead atoms. The van der Waals surface area contributed by atoms with Crippen LogP contribution in [0.2, 0.25) is 0 Å². The first kappa shape index (κ1) is 17.0. The maximum Gasteiger partial charge on any atom is 0.317 e. The lowest BCUT2D eigenvalue weighted by Crippen LogP contribution is -2.25. The molecule has 20 heavy (non-hydrogen) atoms. The minimum absolute atomic E-state index is 0.104. The van der Waals surface area contributed by atoms with Crippen molar-refractivity contribution in [1.82, 2.24) is 4.72 Å². The number of carboxylic acids is 1. The van der Waals surface area contributed by atoms with Crippen LogP contribution in [0.15, 0.2) is 34.1 Å². The van der Waals surface area contributed by atoms with E-state index in [0.717, 1.165) is 11.8 Å². The van der Waals surface area contributed by atoms with E-state index in [1.807, 2.05) is 0 Å². The fraction of sp³-hybridized carbons (Fsp3) is 0.462. The minimum atomic E-state index is -3.60. The molecule has 0 saturated heterocycles. The SMILES string of the molecule is CCNS(=O)(=O)c1ccccc1SC(C(=O)O)C(C)C. The third-order valence-electron chi connectivity index (χ3n) is 2.58. The Balaban J connectivity index is 3.17. The zero-order chi connectivity index (χ0) is 15.3. The van der Waals surface area contributed by atoms with Crippen molar-refractivity contribution in [3.8, 4) is 0 Å². The lowest BCUT2D eigenvalue weighted by molar-refractivity contribution is -0.137. The van der Waals surface area contributed by atoms with Crippen LogP contribution in [0.25, 0.3) is 0 Å². The Morgan fingerprint density at radius 1 is 1.35 bits per heavy atom. The van der Waals surface area contributed by atoms with E-state index < -0.39 is 21.2 Å². The Morgan fingerprint density at radius 3 is 2.45 bits per heavy atom. The third-order valence-corrected chi connectivity index (χ3v) is 5.92. The van der Waals surface area contributed by atoms with E-state index in [-0.39, 0.29) is 17.4 Å². The first-order chi connectivity index (χ1) is 9.29. The van der Waals surface area contributed by atoms with Crippen molar-refractivity contribution in [2.45, 2.75) is 35.8 Å². The van der Waals surface area contributed by atoms with E-state index in [4.69, 9.17) is 0 Å². The minimum Gasteiger partial charge on any atom is -0.480 e. The van der Waals surface area contributed by atoms with Crippen LogP contribution in [0.3, 0.4) is 0 Å². The highest BCUT2D eigenvalue weighted by atomic mass is 32.2. The topological polar surface area (TPSA) is 83.5 Å². The predicted molar refractivity (Wildman–Crippen MR) is 79.4 cm³/mol. The van der Waals surface area contributed by atoms with Gasteiger partial charge in [-0.25, -0.2) is 13.1 Å². The van der Waals surface area contributed by atoms with Gasteiger partial charge in [0.25, 0.3) is 0 Å². The van der Waals surface area contributed by atoms with Gasteiger partial charge in [0.15, 0.2) is 0 Å². The van der Waals surface area contributed by atoms with Gasteiger partial charge < -0.3 is 5.11 Å². The fourth-order valence-corrected chi connectivity index (χ4v) is 4.23. The van der Waals surface area contributed by atoms with E-state index in [0.29, 0.717) is 4.90 Å². The van der Waals surface area contributed by atoms with Gasteiger partial charge in [0, 0.05) is 11.4 Å². The van der Waals surface area contributed by atoms with Crippen LogP contribution in [-0.2, 0) is 14.8 Å². The maximum atomic E-state index is 12.1. The fourth-order valence-electron chi connectivity index (χ4n) is 1.65. The molecular weight excluding hydrogens is 298 g/mol. The molecule has 0 aliphatic rings. The highest BCUT2D eigenvalue weighted by Gasteiger charge is 2.26. The molecule has 0 aliphatic heterocycles. The second-order valence-corrected chi connectivity index (χ2v) is 7.49. The van der Waals surface area contributed by atoms with Crippen molar-refractivity contribution >= 4 is 27.8 Å². The molecule has 0 saturated carbocycles. The summed E-state index contributed by atoms with van der Waals surface area (Å²) in [6.07, 6.45) is 0. The lowest BCUT2D eigenvalue weighted by atomic mass is 10.1. The van der Waals surface area contributed by atoms with Gasteiger partial charge in [-0.05, 0) is 18.1 Å². The Labute approximate surface area is 123 Å². The molecule has 1 rings (SSSR count). The zero-order valence-electron chi connectivity index (χ0n) is 11.7. The van der Waals surface area contributed by atoms with Crippen LogP contribution in [0.4, 0.5) is 0 Å². The van der Waals surface area contributed by atoms with Gasteiger partial charge in [-0.2, -0.15) is 0 Å². The smallest absolute Gasteiger partial charge is 0.317 e. The number of carbonyl (C=O) groups is 1. The van der Waals surface area contributed by atoms with Crippen LogP contribution < -0.4 is 4.72 Å². The number of nitrogens with one attached hydrogen (secondary N) is 1. The molecule has 0 aliphatic carbocycles. The van der Waals surface area contributed by atoms with Crippen molar-refractivity contribution in [3.05, 3.63) is 24.3 Å². The zero-order valence-corrected chi connectivity index (χ0v) is 13.3. The molecule has 5 nitrogen and oxygen atoms in total. The second kappa shape index (κ2) is 7.10. The molecule has 0 fully saturated rings. The van der Waals surface area contributed by atoms with Crippen LogP contribution in [0.5, 0.6) is 0 Å². The molecule has 0 aromatic heterocycles. The van der Waals surface area contributed by atoms with Crippen molar-refractivity contribution in [2.24, 2.45) is 5.92 Å². The first-order valence-electron chi connectivity index (χ1n) is 6.27. The summed E-state index contributed by atoms with van der Waals surface area (Å²) in [4.78, 5) is 11.8. The maximum absolute atomic E-state index is 12.1. The highest BCUT2D eigenvalue weighted by molar-refractivity contribution is 8.01. The van der Waals surface area contributed by atoms with E-state index in [2.05, 4.69) is 4.72 Å². The molecule has 2 N–H and O–H groups in total. The monoisotopic (exact) mass is 317 g/mol. The van der Waals surface area contributed by atoms with Gasteiger partial charge in [-0.1, -0.05) is 32.9 Å². The average molecular weight is 317 g/mol. The summed E-state index contributed by atoms with van der Waals surface area (Å²) in [5.41, 5.74) is 0. The third kappa shape index (κ3) is 4.22. The number of carboxylic acid groups (broad SMARTS) is 1. The molecule has 0 amide bonds. The van der Waals surface area contributed by atoms with E-state index >= 15 is 0 Å². The van der Waals surface area contributed by atoms with Crippen molar-refractivity contribution in [3.63, 3.8) is 0 Å². The number of hydrogen-bond acceptors (Lipinski definition) is 4. The van der Waals surface area contributed by atoms with E-state index in [9.17, 15) is 18.3 Å². The molecule has 1 aromatic carbocycles. The molecule has 1 aromatic rings. The Hall–Kier alpha value is -1.05. The molecule has 112 valence electrons. The number of hydrogen-bond donors (Lipinski definition) is 2. The van der Waals surface area contributed by atoms with Gasteiger partial charge in [0.1, 0.15) is 5.25 Å². The standard InChI is InChI=1S/C13H19NO4S2/c1-4-14-20(17,18)11-8-6-5-7-10(11)19-12(9(2)3)13(15)16/h5-9,12,14H,4H2,1-3H3,(H,15,16). The number of thioether (sulfide) groups is 1. The largest absolute Gasteiger partial charge is 0.480 e. The van der Waals surface area contributed by atoms with E-state index in [1.54, 1.807) is 39.0 Å². The summed E-state index contributed by atoms with van der Waals surface area (Å²) in [5, 5.41) is 8.53. The van der Waals surface area contributed by atoms with Crippen LogP contribution >= 0.6 is 11.8 Å². The van der Waals surface area contributed by atoms with E-state index in [1.165, 1.54) is 6.07 Å². The van der Waals surface area contributed by atoms with Crippen LogP contribution in [0.1, 0.15) is 20.8 Å². The van der Waals surface area contributed by atoms with Gasteiger partial charge in [-0.15, -0.1) is 11.8 Å². The number of aliphatic carboxylic acids is 1.